The van der Waals surface area contributed by atoms with Crippen LogP contribution in [0.3, 0.4) is 0 Å². The first-order valence-corrected chi connectivity index (χ1v) is 15.5. The third-order valence-corrected chi connectivity index (χ3v) is 9.15. The molecule has 46 heavy (non-hydrogen) atoms. The summed E-state index contributed by atoms with van der Waals surface area (Å²) in [4.78, 5) is 3.58. The van der Waals surface area contributed by atoms with E-state index >= 15 is 0 Å². The van der Waals surface area contributed by atoms with Crippen LogP contribution in [-0.4, -0.2) is 9.13 Å². The second-order valence-electron chi connectivity index (χ2n) is 11.7. The Hall–Kier alpha value is -6.37. The van der Waals surface area contributed by atoms with Gasteiger partial charge in [0, 0.05) is 32.9 Å². The van der Waals surface area contributed by atoms with Gasteiger partial charge in [-0.1, -0.05) is 103 Å². The van der Waals surface area contributed by atoms with Crippen molar-refractivity contribution in [3.63, 3.8) is 0 Å². The fourth-order valence-electron chi connectivity index (χ4n) is 6.97. The van der Waals surface area contributed by atoms with E-state index < -0.39 is 0 Å². The van der Waals surface area contributed by atoms with Gasteiger partial charge in [0.15, 0.2) is 5.69 Å². The van der Waals surface area contributed by atoms with E-state index in [2.05, 4.69) is 154 Å². The monoisotopic (exact) mass is 585 g/mol. The predicted octanol–water partition coefficient (Wildman–Crippen LogP) is 11.8. The lowest BCUT2D eigenvalue weighted by molar-refractivity contribution is 1.18. The summed E-state index contributed by atoms with van der Waals surface area (Å²) >= 11 is 0. The molecule has 9 rings (SSSR count). The van der Waals surface area contributed by atoms with Crippen molar-refractivity contribution in [2.45, 2.75) is 0 Å². The van der Waals surface area contributed by atoms with Crippen LogP contribution in [-0.2, 0) is 0 Å². The molecule has 0 bridgehead atoms. The summed E-state index contributed by atoms with van der Waals surface area (Å²) in [5, 5.41) is 4.91. The molecule has 7 aromatic carbocycles. The van der Waals surface area contributed by atoms with Crippen molar-refractivity contribution < 1.29 is 0 Å². The molecule has 0 N–H and O–H groups in total. The smallest absolute Gasteiger partial charge is 0.187 e. The molecule has 3 nitrogen and oxygen atoms in total. The molecular weight excluding hydrogens is 558 g/mol. The Bertz CT molecular complexity index is 2610. The SMILES string of the molecule is [C-]#[N+]c1ccc(-n2c3ccccc3c3cc(-c4ccc5c(c4)c4ccccc4n5-c4ccc(-c5ccccc5)cc4)ccc32)cc1. The molecule has 0 unspecified atom stereocenters. The third-order valence-electron chi connectivity index (χ3n) is 9.15. The largest absolute Gasteiger partial charge is 0.309 e. The molecule has 0 aliphatic rings. The Labute approximate surface area is 266 Å². The van der Waals surface area contributed by atoms with E-state index in [1.165, 1.54) is 54.8 Å². The van der Waals surface area contributed by atoms with Crippen molar-refractivity contribution in [1.82, 2.24) is 9.13 Å². The van der Waals surface area contributed by atoms with Crippen molar-refractivity contribution in [1.29, 1.82) is 0 Å². The lowest BCUT2D eigenvalue weighted by Gasteiger charge is -2.10. The second-order valence-corrected chi connectivity index (χ2v) is 11.7. The number of aromatic nitrogens is 2. The van der Waals surface area contributed by atoms with Crippen molar-refractivity contribution in [3.8, 4) is 33.6 Å². The summed E-state index contributed by atoms with van der Waals surface area (Å²) in [6, 6.07) is 58.1. The summed E-state index contributed by atoms with van der Waals surface area (Å²) in [5.74, 6) is 0. The van der Waals surface area contributed by atoms with E-state index in [0.29, 0.717) is 5.69 Å². The van der Waals surface area contributed by atoms with E-state index in [9.17, 15) is 0 Å². The fraction of sp³-hybridized carbons (Fsp3) is 0. The number of nitrogens with zero attached hydrogens (tertiary/aromatic N) is 3. The van der Waals surface area contributed by atoms with Gasteiger partial charge in [-0.05, 0) is 82.9 Å². The van der Waals surface area contributed by atoms with Crippen LogP contribution < -0.4 is 0 Å². The number of benzene rings is 7. The molecule has 9 aromatic rings. The Balaban J connectivity index is 1.19. The van der Waals surface area contributed by atoms with Gasteiger partial charge < -0.3 is 9.13 Å². The molecule has 0 amide bonds. The van der Waals surface area contributed by atoms with Crippen LogP contribution in [0.15, 0.2) is 164 Å². The summed E-state index contributed by atoms with van der Waals surface area (Å²) in [6.45, 7) is 7.35. The minimum atomic E-state index is 0.646. The lowest BCUT2D eigenvalue weighted by Crippen LogP contribution is -1.94. The average Bonchev–Trinajstić information content (AvgIpc) is 3.64. The Morgan fingerprint density at radius 1 is 0.348 bits per heavy atom. The second kappa shape index (κ2) is 10.4. The van der Waals surface area contributed by atoms with Gasteiger partial charge in [0.25, 0.3) is 0 Å². The number of fused-ring (bicyclic) bond motifs is 6. The van der Waals surface area contributed by atoms with Crippen LogP contribution in [0.1, 0.15) is 0 Å². The maximum absolute atomic E-state index is 7.35. The summed E-state index contributed by atoms with van der Waals surface area (Å²) < 4.78 is 4.67. The number of rotatable bonds is 4. The van der Waals surface area contributed by atoms with Gasteiger partial charge in [-0.3, -0.25) is 0 Å². The van der Waals surface area contributed by atoms with Crippen LogP contribution >= 0.6 is 0 Å². The molecule has 2 heterocycles. The van der Waals surface area contributed by atoms with Gasteiger partial charge in [-0.25, -0.2) is 4.85 Å². The van der Waals surface area contributed by atoms with E-state index in [4.69, 9.17) is 6.57 Å². The highest BCUT2D eigenvalue weighted by atomic mass is 15.0. The van der Waals surface area contributed by atoms with Gasteiger partial charge >= 0.3 is 0 Å². The first kappa shape index (κ1) is 26.1. The van der Waals surface area contributed by atoms with Crippen molar-refractivity contribution in [3.05, 3.63) is 175 Å². The third kappa shape index (κ3) is 4.05. The summed E-state index contributed by atoms with van der Waals surface area (Å²) in [6.07, 6.45) is 0. The van der Waals surface area contributed by atoms with E-state index in [-0.39, 0.29) is 0 Å². The molecule has 0 radical (unpaired) electrons. The van der Waals surface area contributed by atoms with Crippen LogP contribution in [0.25, 0.3) is 82.1 Å². The number of hydrogen-bond donors (Lipinski definition) is 0. The quantitative estimate of drug-likeness (QED) is 0.182. The van der Waals surface area contributed by atoms with Gasteiger partial charge in [0.1, 0.15) is 0 Å². The lowest BCUT2D eigenvalue weighted by atomic mass is 10.0. The molecule has 0 aliphatic carbocycles. The normalized spacial score (nSPS) is 11.5. The average molecular weight is 586 g/mol. The number of hydrogen-bond acceptors (Lipinski definition) is 0. The molecule has 214 valence electrons. The molecule has 0 spiro atoms. The standard InChI is InChI=1S/C43H27N3/c1-44-33-19-23-35(24-20-33)46-41-14-8-6-12-37(41)39-28-32(18-26-43(39)46)31-17-25-42-38(27-31)36-11-5-7-13-40(36)45(42)34-21-15-30(16-22-34)29-9-3-2-4-10-29/h2-28H. The molecule has 3 heteroatoms. The zero-order valence-electron chi connectivity index (χ0n) is 24.9. The zero-order chi connectivity index (χ0) is 30.6. The predicted molar refractivity (Wildman–Crippen MR) is 192 cm³/mol. The van der Waals surface area contributed by atoms with Crippen molar-refractivity contribution in [2.24, 2.45) is 0 Å². The first-order valence-electron chi connectivity index (χ1n) is 15.5. The van der Waals surface area contributed by atoms with Gasteiger partial charge in [0.2, 0.25) is 0 Å². The number of para-hydroxylation sites is 2. The molecule has 2 aromatic heterocycles. The van der Waals surface area contributed by atoms with Gasteiger partial charge in [-0.2, -0.15) is 0 Å². The molecular formula is C43H27N3. The molecule has 0 saturated carbocycles. The molecule has 0 aliphatic heterocycles. The first-order chi connectivity index (χ1) is 22.8. The van der Waals surface area contributed by atoms with Gasteiger partial charge in [-0.15, -0.1) is 0 Å². The highest BCUT2D eigenvalue weighted by molar-refractivity contribution is 6.12. The zero-order valence-corrected chi connectivity index (χ0v) is 24.9. The highest BCUT2D eigenvalue weighted by Gasteiger charge is 2.16. The molecule has 0 atom stereocenters. The van der Waals surface area contributed by atoms with Crippen LogP contribution in [0.5, 0.6) is 0 Å². The fourth-order valence-corrected chi connectivity index (χ4v) is 6.97. The van der Waals surface area contributed by atoms with Crippen molar-refractivity contribution in [2.75, 3.05) is 0 Å². The topological polar surface area (TPSA) is 14.2 Å². The van der Waals surface area contributed by atoms with Crippen LogP contribution in [0, 0.1) is 6.57 Å². The Morgan fingerprint density at radius 2 is 0.761 bits per heavy atom. The summed E-state index contributed by atoms with van der Waals surface area (Å²) in [5.41, 5.74) is 12.4. The molecule has 0 saturated heterocycles. The van der Waals surface area contributed by atoms with E-state index in [1.807, 2.05) is 24.3 Å². The van der Waals surface area contributed by atoms with Gasteiger partial charge in [0.05, 0.1) is 28.6 Å². The highest BCUT2D eigenvalue weighted by Crippen LogP contribution is 2.38. The van der Waals surface area contributed by atoms with Crippen LogP contribution in [0.2, 0.25) is 0 Å². The minimum absolute atomic E-state index is 0.646. The van der Waals surface area contributed by atoms with E-state index in [0.717, 1.165) is 22.4 Å². The Kier molecular flexibility index (Phi) is 5.88. The maximum atomic E-state index is 7.35. The van der Waals surface area contributed by atoms with Crippen LogP contribution in [0.4, 0.5) is 5.69 Å². The summed E-state index contributed by atoms with van der Waals surface area (Å²) in [7, 11) is 0. The maximum Gasteiger partial charge on any atom is 0.187 e. The Morgan fingerprint density at radius 3 is 1.28 bits per heavy atom. The molecule has 0 fully saturated rings. The van der Waals surface area contributed by atoms with Crippen molar-refractivity contribution >= 4 is 49.3 Å². The van der Waals surface area contributed by atoms with E-state index in [1.54, 1.807) is 0 Å². The minimum Gasteiger partial charge on any atom is -0.309 e.